The average Bonchev–Trinajstić information content (AvgIpc) is 2.14. The zero-order valence-corrected chi connectivity index (χ0v) is 5.57. The van der Waals surface area contributed by atoms with Crippen molar-refractivity contribution in [3.8, 4) is 0 Å². The fourth-order valence-electron chi connectivity index (χ4n) is 0.553. The van der Waals surface area contributed by atoms with Crippen LogP contribution in [0.2, 0.25) is 0 Å². The summed E-state index contributed by atoms with van der Waals surface area (Å²) >= 11 is 0. The summed E-state index contributed by atoms with van der Waals surface area (Å²) in [4.78, 5) is 5.16. The van der Waals surface area contributed by atoms with Crippen molar-refractivity contribution < 1.29 is 0 Å². The number of hydrogen-bond donors (Lipinski definition) is 1. The monoisotopic (exact) mass is 126 g/mol. The molecule has 1 heterocycles. The second-order valence-electron chi connectivity index (χ2n) is 2.24. The first-order valence-corrected chi connectivity index (χ1v) is 2.87. The summed E-state index contributed by atoms with van der Waals surface area (Å²) in [7, 11) is 0. The summed E-state index contributed by atoms with van der Waals surface area (Å²) in [6.45, 7) is 4.05. The van der Waals surface area contributed by atoms with Crippen LogP contribution >= 0.6 is 0 Å². The van der Waals surface area contributed by atoms with Gasteiger partial charge in [0.25, 0.3) is 0 Å². The molecular weight excluding hydrogens is 116 g/mol. The zero-order valence-electron chi connectivity index (χ0n) is 5.57. The summed E-state index contributed by atoms with van der Waals surface area (Å²) in [5.74, 6) is 6.41. The summed E-state index contributed by atoms with van der Waals surface area (Å²) in [5.41, 5.74) is 0. The van der Waals surface area contributed by atoms with Crippen molar-refractivity contribution in [3.05, 3.63) is 12.2 Å². The van der Waals surface area contributed by atoms with Crippen LogP contribution in [0.3, 0.4) is 0 Å². The molecular formula is C5H10N4. The highest BCUT2D eigenvalue weighted by atomic mass is 15.5. The molecule has 4 heteroatoms. The highest BCUT2D eigenvalue weighted by Crippen LogP contribution is 2.04. The minimum absolute atomic E-state index is 0.356. The Bertz CT molecular complexity index is 191. The van der Waals surface area contributed by atoms with E-state index in [0.29, 0.717) is 5.92 Å². The van der Waals surface area contributed by atoms with Crippen LogP contribution in [0.5, 0.6) is 0 Å². The first kappa shape index (κ1) is 6.07. The van der Waals surface area contributed by atoms with E-state index in [1.54, 1.807) is 0 Å². The van der Waals surface area contributed by atoms with E-state index in [9.17, 15) is 0 Å². The maximum absolute atomic E-state index is 5.26. The summed E-state index contributed by atoms with van der Waals surface area (Å²) in [6, 6.07) is 0. The molecule has 1 rings (SSSR count). The molecule has 0 aliphatic carbocycles. The van der Waals surface area contributed by atoms with Gasteiger partial charge in [0.2, 0.25) is 0 Å². The first-order chi connectivity index (χ1) is 4.20. The molecule has 9 heavy (non-hydrogen) atoms. The lowest BCUT2D eigenvalue weighted by Gasteiger charge is -1.93. The van der Waals surface area contributed by atoms with Crippen molar-refractivity contribution in [1.82, 2.24) is 14.9 Å². The van der Waals surface area contributed by atoms with E-state index in [1.165, 1.54) is 11.1 Å². The van der Waals surface area contributed by atoms with Gasteiger partial charge < -0.3 is 5.84 Å². The lowest BCUT2D eigenvalue weighted by atomic mass is 10.2. The van der Waals surface area contributed by atoms with Crippen molar-refractivity contribution >= 4 is 0 Å². The topological polar surface area (TPSA) is 56.7 Å². The minimum Gasteiger partial charge on any atom is -0.322 e. The number of nitrogens with zero attached hydrogens (tertiary/aromatic N) is 3. The smallest absolute Gasteiger partial charge is 0.155 e. The highest BCUT2D eigenvalue weighted by molar-refractivity contribution is 4.87. The third kappa shape index (κ3) is 1.19. The second-order valence-corrected chi connectivity index (χ2v) is 2.24. The van der Waals surface area contributed by atoms with Gasteiger partial charge in [-0.05, 0) is 0 Å². The zero-order chi connectivity index (χ0) is 6.85. The fraction of sp³-hybridized carbons (Fsp3) is 0.600. The first-order valence-electron chi connectivity index (χ1n) is 2.87. The predicted molar refractivity (Wildman–Crippen MR) is 34.3 cm³/mol. The van der Waals surface area contributed by atoms with Crippen molar-refractivity contribution in [2.24, 2.45) is 0 Å². The molecule has 0 saturated heterocycles. The lowest BCUT2D eigenvalue weighted by Crippen LogP contribution is -2.08. The van der Waals surface area contributed by atoms with Gasteiger partial charge in [-0.3, -0.25) is 0 Å². The average molecular weight is 126 g/mol. The summed E-state index contributed by atoms with van der Waals surface area (Å²) < 4.78 is 0. The van der Waals surface area contributed by atoms with Crippen molar-refractivity contribution in [2.75, 3.05) is 5.84 Å². The van der Waals surface area contributed by atoms with Crippen LogP contribution in [0.25, 0.3) is 0 Å². The molecule has 0 aromatic carbocycles. The number of rotatable bonds is 1. The SMILES string of the molecule is CC(C)c1ncn(N)n1. The molecule has 0 aliphatic rings. The predicted octanol–water partition coefficient (Wildman–Crippen LogP) is 0.115. The van der Waals surface area contributed by atoms with Gasteiger partial charge in [-0.2, -0.15) is 4.79 Å². The standard InChI is InChI=1S/C5H10N4/c1-4(2)5-7-3-9(6)8-5/h3-4H,6H2,1-2H3. The molecule has 0 atom stereocenters. The van der Waals surface area contributed by atoms with Crippen LogP contribution in [0.15, 0.2) is 6.33 Å². The maximum Gasteiger partial charge on any atom is 0.155 e. The molecule has 50 valence electrons. The largest absolute Gasteiger partial charge is 0.322 e. The molecule has 2 N–H and O–H groups in total. The Morgan fingerprint density at radius 2 is 2.33 bits per heavy atom. The quantitative estimate of drug-likeness (QED) is 0.543. The molecule has 0 saturated carbocycles. The summed E-state index contributed by atoms with van der Waals surface area (Å²) in [5, 5.41) is 3.89. The van der Waals surface area contributed by atoms with E-state index in [1.807, 2.05) is 13.8 Å². The Morgan fingerprint density at radius 3 is 2.56 bits per heavy atom. The van der Waals surface area contributed by atoms with Crippen LogP contribution in [0, 0.1) is 0 Å². The van der Waals surface area contributed by atoms with Gasteiger partial charge in [0.1, 0.15) is 6.33 Å². The number of aromatic nitrogens is 3. The maximum atomic E-state index is 5.26. The molecule has 4 nitrogen and oxygen atoms in total. The van der Waals surface area contributed by atoms with Crippen molar-refractivity contribution in [1.29, 1.82) is 0 Å². The number of hydrogen-bond acceptors (Lipinski definition) is 3. The van der Waals surface area contributed by atoms with Gasteiger partial charge >= 0.3 is 0 Å². The van der Waals surface area contributed by atoms with Gasteiger partial charge in [0, 0.05) is 5.92 Å². The summed E-state index contributed by atoms with van der Waals surface area (Å²) in [6.07, 6.45) is 1.50. The van der Waals surface area contributed by atoms with Crippen LogP contribution in [-0.2, 0) is 0 Å². The fourth-order valence-corrected chi connectivity index (χ4v) is 0.553. The molecule has 0 unspecified atom stereocenters. The Balaban J connectivity index is 2.85. The van der Waals surface area contributed by atoms with Gasteiger partial charge in [0.05, 0.1) is 0 Å². The minimum atomic E-state index is 0.356. The van der Waals surface area contributed by atoms with Crippen molar-refractivity contribution in [3.63, 3.8) is 0 Å². The second kappa shape index (κ2) is 2.05. The van der Waals surface area contributed by atoms with Crippen molar-refractivity contribution in [2.45, 2.75) is 19.8 Å². The molecule has 0 amide bonds. The van der Waals surface area contributed by atoms with E-state index >= 15 is 0 Å². The number of nitrogens with two attached hydrogens (primary N) is 1. The van der Waals surface area contributed by atoms with E-state index in [2.05, 4.69) is 10.1 Å². The number of nitrogen functional groups attached to an aromatic ring is 1. The van der Waals surface area contributed by atoms with Gasteiger partial charge in [0.15, 0.2) is 5.82 Å². The van der Waals surface area contributed by atoms with E-state index in [4.69, 9.17) is 5.84 Å². The molecule has 1 aromatic heterocycles. The van der Waals surface area contributed by atoms with Crippen LogP contribution in [0.4, 0.5) is 0 Å². The molecule has 0 fully saturated rings. The van der Waals surface area contributed by atoms with Gasteiger partial charge in [-0.1, -0.05) is 13.8 Å². The highest BCUT2D eigenvalue weighted by Gasteiger charge is 2.01. The lowest BCUT2D eigenvalue weighted by molar-refractivity contribution is 0.738. The Morgan fingerprint density at radius 1 is 1.67 bits per heavy atom. The van der Waals surface area contributed by atoms with E-state index in [0.717, 1.165) is 5.82 Å². The normalized spacial score (nSPS) is 10.6. The molecule has 0 aliphatic heterocycles. The Hall–Kier alpha value is -1.06. The molecule has 0 spiro atoms. The van der Waals surface area contributed by atoms with Crippen LogP contribution < -0.4 is 5.84 Å². The molecule has 0 bridgehead atoms. The van der Waals surface area contributed by atoms with Gasteiger partial charge in [-0.25, -0.2) is 4.98 Å². The third-order valence-electron chi connectivity index (χ3n) is 1.04. The van der Waals surface area contributed by atoms with Gasteiger partial charge in [-0.15, -0.1) is 5.10 Å². The van der Waals surface area contributed by atoms with E-state index < -0.39 is 0 Å². The van der Waals surface area contributed by atoms with Crippen LogP contribution in [0.1, 0.15) is 25.6 Å². The molecule has 1 aromatic rings. The molecule has 0 radical (unpaired) electrons. The third-order valence-corrected chi connectivity index (χ3v) is 1.04. The van der Waals surface area contributed by atoms with E-state index in [-0.39, 0.29) is 0 Å². The Kier molecular flexibility index (Phi) is 1.38. The van der Waals surface area contributed by atoms with Crippen LogP contribution in [-0.4, -0.2) is 14.9 Å². The Labute approximate surface area is 53.7 Å².